The summed E-state index contributed by atoms with van der Waals surface area (Å²) >= 11 is 0. The Labute approximate surface area is 483 Å². The van der Waals surface area contributed by atoms with Crippen LogP contribution in [-0.2, 0) is 53.4 Å². The zero-order valence-electron chi connectivity index (χ0n) is 51.2. The van der Waals surface area contributed by atoms with Gasteiger partial charge in [-0.15, -0.1) is 0 Å². The van der Waals surface area contributed by atoms with Gasteiger partial charge in [-0.2, -0.15) is 0 Å². The molecule has 0 aromatic heterocycles. The first kappa shape index (κ1) is 61.7. The number of aliphatic hydroxyl groups excluding tert-OH is 1. The van der Waals surface area contributed by atoms with Crippen molar-refractivity contribution in [1.29, 1.82) is 0 Å². The van der Waals surface area contributed by atoms with Crippen LogP contribution in [0.3, 0.4) is 0 Å². The van der Waals surface area contributed by atoms with Crippen molar-refractivity contribution < 1.29 is 51.9 Å². The summed E-state index contributed by atoms with van der Waals surface area (Å²) in [7, 11) is -3.80. The van der Waals surface area contributed by atoms with Gasteiger partial charge < -0.3 is 51.9 Å². The van der Waals surface area contributed by atoms with Crippen LogP contribution in [0.4, 0.5) is 0 Å². The summed E-state index contributed by atoms with van der Waals surface area (Å²) in [4.78, 5) is 0. The minimum Gasteiger partial charge on any atom is -0.410 e. The smallest absolute Gasteiger partial charge is 0.261 e. The molecule has 11 nitrogen and oxygen atoms in total. The Kier molecular flexibility index (Phi) is 19.6. The second kappa shape index (κ2) is 25.4. The Balaban J connectivity index is 1.02. The number of rotatable bonds is 19. The first-order valence-corrected chi connectivity index (χ1v) is 34.7. The fourth-order valence-corrected chi connectivity index (χ4v) is 26.0. The molecule has 13 heteroatoms. The predicted molar refractivity (Wildman–Crippen MR) is 323 cm³/mol. The molecule has 1 spiro atoms. The van der Waals surface area contributed by atoms with Crippen molar-refractivity contribution >= 4 is 37.8 Å². The van der Waals surface area contributed by atoms with Gasteiger partial charge in [-0.25, -0.2) is 0 Å². The highest BCUT2D eigenvalue weighted by Gasteiger charge is 2.60. The lowest BCUT2D eigenvalue weighted by molar-refractivity contribution is -0.351. The molecule has 5 heterocycles. The third kappa shape index (κ3) is 12.2. The molecule has 5 aliphatic heterocycles. The number of methoxy groups -OCH3 is 1. The minimum absolute atomic E-state index is 0.0551. The summed E-state index contributed by atoms with van der Waals surface area (Å²) in [5.74, 6) is -0.761. The van der Waals surface area contributed by atoms with Crippen LogP contribution in [0.2, 0.25) is 21.7 Å². The maximum atomic E-state index is 12.7. The summed E-state index contributed by atoms with van der Waals surface area (Å²) in [5.41, 5.74) is 1.32. The molecule has 4 aromatic rings. The molecule has 0 radical (unpaired) electrons. The van der Waals surface area contributed by atoms with Crippen LogP contribution < -0.4 is 10.4 Å². The molecule has 0 unspecified atom stereocenters. The molecule has 80 heavy (non-hydrogen) atoms. The van der Waals surface area contributed by atoms with E-state index in [1.807, 2.05) is 0 Å². The maximum absolute atomic E-state index is 12.7. The fourth-order valence-electron chi connectivity index (χ4n) is 15.6. The Morgan fingerprint density at radius 1 is 0.700 bits per heavy atom. The number of ether oxygens (including phenoxy) is 8. The zero-order valence-corrected chi connectivity index (χ0v) is 53.2. The Morgan fingerprint density at radius 2 is 1.30 bits per heavy atom. The van der Waals surface area contributed by atoms with Gasteiger partial charge in [-0.3, -0.25) is 0 Å². The summed E-state index contributed by atoms with van der Waals surface area (Å²) in [6, 6.07) is 36.7. The third-order valence-corrected chi connectivity index (χ3v) is 31.0. The van der Waals surface area contributed by atoms with Crippen LogP contribution in [0, 0.1) is 23.7 Å². The van der Waals surface area contributed by atoms with E-state index < -0.39 is 52.4 Å². The molecular weight excluding hydrogens is 1040 g/mol. The van der Waals surface area contributed by atoms with E-state index in [0.717, 1.165) is 36.6 Å². The number of fused-ring (bicyclic) bond motifs is 3. The molecule has 5 fully saturated rings. The van der Waals surface area contributed by atoms with Gasteiger partial charge in [0, 0.05) is 38.2 Å². The van der Waals surface area contributed by atoms with Crippen molar-refractivity contribution in [3.63, 3.8) is 0 Å². The van der Waals surface area contributed by atoms with Crippen LogP contribution in [-0.4, -0.2) is 121 Å². The largest absolute Gasteiger partial charge is 0.410 e. The number of hydrogen-bond donors (Lipinski definition) is 1. The lowest BCUT2D eigenvalue weighted by Gasteiger charge is -2.56. The lowest BCUT2D eigenvalue weighted by Crippen LogP contribution is -2.70. The monoisotopic (exact) mass is 1140 g/mol. The average molecular weight is 1140 g/mol. The molecular formula is C67H100O11Si2. The average Bonchev–Trinajstić information content (AvgIpc) is 4.03. The van der Waals surface area contributed by atoms with Gasteiger partial charge in [-0.1, -0.05) is 187 Å². The molecule has 16 atom stereocenters. The summed E-state index contributed by atoms with van der Waals surface area (Å²) < 4.78 is 71.6. The quantitative estimate of drug-likeness (QED) is 0.0715. The van der Waals surface area contributed by atoms with Gasteiger partial charge in [0.05, 0.1) is 74.8 Å². The van der Waals surface area contributed by atoms with Crippen molar-refractivity contribution in [1.82, 2.24) is 0 Å². The van der Waals surface area contributed by atoms with Crippen LogP contribution >= 0.6 is 0 Å². The second-order valence-corrected chi connectivity index (χ2v) is 36.9. The van der Waals surface area contributed by atoms with Gasteiger partial charge in [-0.05, 0) is 92.5 Å². The topological polar surface area (TPSA) is 113 Å². The highest BCUT2D eigenvalue weighted by molar-refractivity contribution is 6.99. The van der Waals surface area contributed by atoms with E-state index in [-0.39, 0.29) is 72.1 Å². The Bertz CT molecular complexity index is 2530. The molecule has 0 saturated carbocycles. The summed E-state index contributed by atoms with van der Waals surface area (Å²) in [5, 5.41) is 17.3. The molecule has 1 N–H and O–H groups in total. The van der Waals surface area contributed by atoms with Crippen molar-refractivity contribution in [3.8, 4) is 0 Å². The molecule has 0 amide bonds. The van der Waals surface area contributed by atoms with Gasteiger partial charge in [0.2, 0.25) is 8.32 Å². The van der Waals surface area contributed by atoms with Crippen LogP contribution in [0.15, 0.2) is 103 Å². The van der Waals surface area contributed by atoms with Crippen molar-refractivity contribution in [3.05, 3.63) is 109 Å². The van der Waals surface area contributed by atoms with Crippen molar-refractivity contribution in [2.45, 2.75) is 236 Å². The molecule has 5 aliphatic rings. The van der Waals surface area contributed by atoms with Crippen molar-refractivity contribution in [2.24, 2.45) is 23.7 Å². The number of aliphatic hydroxyl groups is 1. The fraction of sp³-hybridized carbons (Fsp3) is 0.672. The second-order valence-electron chi connectivity index (χ2n) is 27.2. The molecule has 0 aliphatic carbocycles. The molecule has 5 saturated heterocycles. The zero-order chi connectivity index (χ0) is 57.4. The Morgan fingerprint density at radius 3 is 1.90 bits per heavy atom. The normalized spacial score (nSPS) is 33.4. The Hall–Kier alpha value is -2.87. The van der Waals surface area contributed by atoms with Crippen LogP contribution in [0.1, 0.15) is 141 Å². The van der Waals surface area contributed by atoms with Crippen molar-refractivity contribution in [2.75, 3.05) is 27.1 Å². The molecule has 9 rings (SSSR count). The van der Waals surface area contributed by atoms with Gasteiger partial charge in [0.1, 0.15) is 18.5 Å². The standard InChI is InChI=1S/C67H100O11Si2/c1-43(2)79(44(3)4,45(5)6)78-60-39-58-59(76-66(60,14)41-73-80(65(11,12)13,53-27-18-16-19-28-53)54-29-20-17-21-30-54)36-46(7)35-56-57(74-58)38-55(68)61(75-56)48(9)63(70-40-50-31-32-51-25-22-23-26-52(51)37-50)64-62(71-42-69-15)47(8)49(10)67(77-64)33-24-34-72-67/h16-23,25-32,37,43-49,55-64,68H,24,33-36,38-42H2,1-15H3/t46-,47+,48-,49+,55-,56+,57-,58+,59-,60-,61-,62-,63+,64-,66+,67-/m1/s1. The van der Waals surface area contributed by atoms with E-state index in [0.29, 0.717) is 49.3 Å². The summed E-state index contributed by atoms with van der Waals surface area (Å²) in [6.07, 6.45) is -0.0964. The minimum atomic E-state index is -2.97. The van der Waals surface area contributed by atoms with E-state index >= 15 is 0 Å². The maximum Gasteiger partial charge on any atom is 0.261 e. The highest BCUT2D eigenvalue weighted by atomic mass is 28.4. The molecule has 4 aromatic carbocycles. The SMILES string of the molecule is COCO[C@@H]1[C@@H](C)[C@H](C)[C@@]2(CCCO2)O[C@H]1[C@@H](OCc1ccc2ccccc2c1)[C@H](C)[C@H]1O[C@H]2C[C@@H](C)C[C@H]3O[C@@](C)(CO[Si](c4ccccc4)(c4ccccc4)C(C)(C)C)[C@H](O[Si](C(C)C)(C(C)C)C(C)C)C[C@@H]3O[C@@H]2C[C@H]1O. The number of benzene rings is 4. The lowest BCUT2D eigenvalue weighted by atomic mass is 9.74. The van der Waals surface area contributed by atoms with Crippen LogP contribution in [0.5, 0.6) is 0 Å². The number of hydrogen-bond acceptors (Lipinski definition) is 11. The van der Waals surface area contributed by atoms with Gasteiger partial charge in [0.25, 0.3) is 8.32 Å². The van der Waals surface area contributed by atoms with Gasteiger partial charge in [0.15, 0.2) is 5.79 Å². The van der Waals surface area contributed by atoms with E-state index in [1.54, 1.807) is 7.11 Å². The van der Waals surface area contributed by atoms with Crippen LogP contribution in [0.25, 0.3) is 10.8 Å². The highest BCUT2D eigenvalue weighted by Crippen LogP contribution is 2.51. The predicted octanol–water partition coefficient (Wildman–Crippen LogP) is 12.9. The molecule has 0 bridgehead atoms. The van der Waals surface area contributed by atoms with E-state index in [4.69, 9.17) is 46.7 Å². The molecule has 442 valence electrons. The van der Waals surface area contributed by atoms with Gasteiger partial charge >= 0.3 is 0 Å². The third-order valence-electron chi connectivity index (χ3n) is 19.9. The van der Waals surface area contributed by atoms with E-state index in [9.17, 15) is 5.11 Å². The first-order valence-electron chi connectivity index (χ1n) is 30.7. The van der Waals surface area contributed by atoms with E-state index in [2.05, 4.69) is 200 Å². The van der Waals surface area contributed by atoms with E-state index in [1.165, 1.54) is 15.8 Å². The first-order chi connectivity index (χ1) is 38.1. The summed E-state index contributed by atoms with van der Waals surface area (Å²) in [6.45, 7) is 33.8.